The predicted octanol–water partition coefficient (Wildman–Crippen LogP) is 0.466. The van der Waals surface area contributed by atoms with Gasteiger partial charge in [0.25, 0.3) is 0 Å². The molecule has 0 amide bonds. The van der Waals surface area contributed by atoms with Crippen molar-refractivity contribution in [2.45, 2.75) is 12.8 Å². The van der Waals surface area contributed by atoms with E-state index in [-0.39, 0.29) is 5.82 Å². The van der Waals surface area contributed by atoms with Gasteiger partial charge in [-0.25, -0.2) is 9.78 Å². The first-order valence-electron chi connectivity index (χ1n) is 3.83. The summed E-state index contributed by atoms with van der Waals surface area (Å²) >= 11 is 0. The molecule has 1 aromatic heterocycles. The maximum absolute atomic E-state index is 10.5. The number of aromatic carboxylic acids is 1. The van der Waals surface area contributed by atoms with Gasteiger partial charge in [-0.05, 0) is 12.8 Å². The lowest BCUT2D eigenvalue weighted by molar-refractivity contribution is 0.0684. The lowest BCUT2D eigenvalue weighted by Gasteiger charge is -2.10. The third-order valence-corrected chi connectivity index (χ3v) is 1.88. The zero-order valence-electron chi connectivity index (χ0n) is 6.42. The first-order valence-corrected chi connectivity index (χ1v) is 3.83. The molecule has 5 heteroatoms. The Bertz CT molecular complexity index is 295. The lowest BCUT2D eigenvalue weighted by Crippen LogP contribution is -2.10. The molecule has 0 saturated heterocycles. The molecule has 2 heterocycles. The molecule has 2 rings (SSSR count). The summed E-state index contributed by atoms with van der Waals surface area (Å²) in [6.45, 7) is 0.872. The van der Waals surface area contributed by atoms with Crippen molar-refractivity contribution in [2.75, 3.05) is 11.9 Å². The van der Waals surface area contributed by atoms with E-state index in [0.717, 1.165) is 25.1 Å². The van der Waals surface area contributed by atoms with Gasteiger partial charge in [0.2, 0.25) is 5.82 Å². The van der Waals surface area contributed by atoms with Gasteiger partial charge in [0.1, 0.15) is 5.82 Å². The van der Waals surface area contributed by atoms with Gasteiger partial charge in [-0.3, -0.25) is 0 Å². The standard InChI is InChI=1S/C7H9N3O2/c11-7(12)6-9-4-2-1-3-8-5(4)10-6/h8H,1-3H2,(H,9,10)(H,11,12). The van der Waals surface area contributed by atoms with Gasteiger partial charge in [-0.2, -0.15) is 0 Å². The van der Waals surface area contributed by atoms with E-state index in [9.17, 15) is 4.79 Å². The number of imidazole rings is 1. The van der Waals surface area contributed by atoms with Gasteiger partial charge in [0, 0.05) is 6.54 Å². The second-order valence-corrected chi connectivity index (χ2v) is 2.75. The molecule has 1 aliphatic heterocycles. The molecule has 12 heavy (non-hydrogen) atoms. The fraction of sp³-hybridized carbons (Fsp3) is 0.429. The summed E-state index contributed by atoms with van der Waals surface area (Å²) in [4.78, 5) is 17.1. The molecule has 0 saturated carbocycles. The SMILES string of the molecule is O=C(O)c1nc2c([nH]1)CCCN2. The Morgan fingerprint density at radius 2 is 2.42 bits per heavy atom. The Labute approximate surface area is 68.8 Å². The molecule has 1 aromatic rings. The quantitative estimate of drug-likeness (QED) is 0.568. The van der Waals surface area contributed by atoms with Crippen LogP contribution in [0.3, 0.4) is 0 Å². The highest BCUT2D eigenvalue weighted by Crippen LogP contribution is 2.18. The Morgan fingerprint density at radius 3 is 3.08 bits per heavy atom. The van der Waals surface area contributed by atoms with Crippen LogP contribution in [-0.4, -0.2) is 27.6 Å². The Kier molecular flexibility index (Phi) is 1.49. The zero-order valence-corrected chi connectivity index (χ0v) is 6.42. The highest BCUT2D eigenvalue weighted by molar-refractivity contribution is 5.84. The third kappa shape index (κ3) is 1.03. The number of aromatic amines is 1. The molecular weight excluding hydrogens is 158 g/mol. The van der Waals surface area contributed by atoms with E-state index in [2.05, 4.69) is 15.3 Å². The van der Waals surface area contributed by atoms with Crippen molar-refractivity contribution in [3.63, 3.8) is 0 Å². The number of nitrogens with one attached hydrogen (secondary N) is 2. The van der Waals surface area contributed by atoms with Gasteiger partial charge in [0.15, 0.2) is 0 Å². The summed E-state index contributed by atoms with van der Waals surface area (Å²) in [5, 5.41) is 11.6. The van der Waals surface area contributed by atoms with Crippen molar-refractivity contribution in [1.82, 2.24) is 9.97 Å². The number of aromatic nitrogens is 2. The average molecular weight is 167 g/mol. The second kappa shape index (κ2) is 2.51. The number of carbonyl (C=O) groups is 1. The van der Waals surface area contributed by atoms with E-state index >= 15 is 0 Å². The van der Waals surface area contributed by atoms with Gasteiger partial charge >= 0.3 is 5.97 Å². The molecule has 0 aliphatic carbocycles. The number of rotatable bonds is 1. The van der Waals surface area contributed by atoms with Crippen LogP contribution in [0.1, 0.15) is 22.7 Å². The van der Waals surface area contributed by atoms with E-state index < -0.39 is 5.97 Å². The molecule has 1 aliphatic rings. The van der Waals surface area contributed by atoms with E-state index in [1.165, 1.54) is 0 Å². The monoisotopic (exact) mass is 167 g/mol. The van der Waals surface area contributed by atoms with E-state index in [1.807, 2.05) is 0 Å². The summed E-state index contributed by atoms with van der Waals surface area (Å²) in [5.41, 5.74) is 0.902. The molecule has 0 bridgehead atoms. The van der Waals surface area contributed by atoms with Crippen LogP contribution in [0.25, 0.3) is 0 Å². The Hall–Kier alpha value is -1.52. The molecule has 64 valence electrons. The van der Waals surface area contributed by atoms with Gasteiger partial charge in [0.05, 0.1) is 5.69 Å². The number of aryl methyl sites for hydroxylation is 1. The predicted molar refractivity (Wildman–Crippen MR) is 42.4 cm³/mol. The minimum absolute atomic E-state index is 0.0226. The van der Waals surface area contributed by atoms with Gasteiger partial charge < -0.3 is 15.4 Å². The summed E-state index contributed by atoms with van der Waals surface area (Å²) in [5.74, 6) is -0.292. The van der Waals surface area contributed by atoms with Crippen LogP contribution in [0.2, 0.25) is 0 Å². The number of carboxylic acids is 1. The number of fused-ring (bicyclic) bond motifs is 1. The van der Waals surface area contributed by atoms with Crippen LogP contribution in [0.5, 0.6) is 0 Å². The number of nitrogens with zero attached hydrogens (tertiary/aromatic N) is 1. The summed E-state index contributed by atoms with van der Waals surface area (Å²) in [6, 6.07) is 0. The molecule has 0 atom stereocenters. The normalized spacial score (nSPS) is 15.0. The fourth-order valence-corrected chi connectivity index (χ4v) is 1.31. The van der Waals surface area contributed by atoms with E-state index in [4.69, 9.17) is 5.11 Å². The minimum atomic E-state index is -1.01. The molecular formula is C7H9N3O2. The summed E-state index contributed by atoms with van der Waals surface area (Å²) in [7, 11) is 0. The zero-order chi connectivity index (χ0) is 8.55. The topological polar surface area (TPSA) is 78.0 Å². The largest absolute Gasteiger partial charge is 0.475 e. The van der Waals surface area contributed by atoms with Crippen LogP contribution in [0.4, 0.5) is 5.82 Å². The Morgan fingerprint density at radius 1 is 1.58 bits per heavy atom. The van der Waals surface area contributed by atoms with E-state index in [0.29, 0.717) is 5.82 Å². The first kappa shape index (κ1) is 7.15. The second-order valence-electron chi connectivity index (χ2n) is 2.75. The minimum Gasteiger partial charge on any atom is -0.475 e. The maximum Gasteiger partial charge on any atom is 0.371 e. The number of hydrogen-bond donors (Lipinski definition) is 3. The van der Waals surface area contributed by atoms with Crippen molar-refractivity contribution in [3.8, 4) is 0 Å². The summed E-state index contributed by atoms with van der Waals surface area (Å²) < 4.78 is 0. The van der Waals surface area contributed by atoms with Crippen LogP contribution in [-0.2, 0) is 6.42 Å². The van der Waals surface area contributed by atoms with Crippen LogP contribution >= 0.6 is 0 Å². The molecule has 5 nitrogen and oxygen atoms in total. The number of H-pyrrole nitrogens is 1. The Balaban J connectivity index is 2.38. The van der Waals surface area contributed by atoms with Gasteiger partial charge in [-0.1, -0.05) is 0 Å². The average Bonchev–Trinajstić information content (AvgIpc) is 2.46. The summed E-state index contributed by atoms with van der Waals surface area (Å²) in [6.07, 6.45) is 1.90. The van der Waals surface area contributed by atoms with Crippen LogP contribution in [0, 0.1) is 0 Å². The molecule has 0 unspecified atom stereocenters. The highest BCUT2D eigenvalue weighted by Gasteiger charge is 2.16. The van der Waals surface area contributed by atoms with Crippen molar-refractivity contribution < 1.29 is 9.90 Å². The van der Waals surface area contributed by atoms with Crippen molar-refractivity contribution in [1.29, 1.82) is 0 Å². The third-order valence-electron chi connectivity index (χ3n) is 1.88. The molecule has 0 radical (unpaired) electrons. The van der Waals surface area contributed by atoms with Crippen molar-refractivity contribution in [3.05, 3.63) is 11.5 Å². The van der Waals surface area contributed by atoms with E-state index in [1.54, 1.807) is 0 Å². The molecule has 3 N–H and O–H groups in total. The highest BCUT2D eigenvalue weighted by atomic mass is 16.4. The van der Waals surface area contributed by atoms with Crippen molar-refractivity contribution in [2.24, 2.45) is 0 Å². The van der Waals surface area contributed by atoms with Crippen LogP contribution < -0.4 is 5.32 Å². The smallest absolute Gasteiger partial charge is 0.371 e. The number of carboxylic acid groups (broad SMARTS) is 1. The molecule has 0 spiro atoms. The van der Waals surface area contributed by atoms with Crippen molar-refractivity contribution >= 4 is 11.8 Å². The van der Waals surface area contributed by atoms with Gasteiger partial charge in [-0.15, -0.1) is 0 Å². The maximum atomic E-state index is 10.5. The van der Waals surface area contributed by atoms with Crippen LogP contribution in [0.15, 0.2) is 0 Å². The molecule has 0 fully saturated rings. The lowest BCUT2D eigenvalue weighted by atomic mass is 10.2. The molecule has 0 aromatic carbocycles. The number of anilines is 1. The first-order chi connectivity index (χ1) is 5.77. The fourth-order valence-electron chi connectivity index (χ4n) is 1.31. The number of hydrogen-bond acceptors (Lipinski definition) is 3.